The summed E-state index contributed by atoms with van der Waals surface area (Å²) in [5, 5.41) is 9.00. The molecule has 0 spiro atoms. The quantitative estimate of drug-likeness (QED) is 0.719. The van der Waals surface area contributed by atoms with Crippen LogP contribution >= 0.6 is 0 Å². The zero-order valence-corrected chi connectivity index (χ0v) is 16.8. The molecule has 0 fully saturated rings. The van der Waals surface area contributed by atoms with Crippen LogP contribution in [0, 0.1) is 6.92 Å². The number of nitrogens with one attached hydrogen (secondary N) is 3. The average Bonchev–Trinajstić information content (AvgIpc) is 2.59. The van der Waals surface area contributed by atoms with Crippen LogP contribution in [0.5, 0.6) is 0 Å². The van der Waals surface area contributed by atoms with Crippen molar-refractivity contribution in [2.45, 2.75) is 46.6 Å². The van der Waals surface area contributed by atoms with Crippen molar-refractivity contribution < 1.29 is 9.59 Å². The molecule has 27 heavy (non-hydrogen) atoms. The maximum Gasteiger partial charge on any atom is 0.251 e. The highest BCUT2D eigenvalue weighted by Gasteiger charge is 2.15. The smallest absolute Gasteiger partial charge is 0.251 e. The molecule has 2 rings (SSSR count). The van der Waals surface area contributed by atoms with Crippen LogP contribution in [0.25, 0.3) is 0 Å². The third kappa shape index (κ3) is 6.13. The predicted octanol–water partition coefficient (Wildman–Crippen LogP) is 4.14. The lowest BCUT2D eigenvalue weighted by Crippen LogP contribution is -2.40. The van der Waals surface area contributed by atoms with Gasteiger partial charge in [0.1, 0.15) is 0 Å². The number of carbonyl (C=O) groups is 2. The monoisotopic (exact) mass is 367 g/mol. The van der Waals surface area contributed by atoms with Gasteiger partial charge in [-0.1, -0.05) is 25.1 Å². The summed E-state index contributed by atoms with van der Waals surface area (Å²) in [7, 11) is 0. The highest BCUT2D eigenvalue weighted by Crippen LogP contribution is 2.20. The van der Waals surface area contributed by atoms with Crippen molar-refractivity contribution >= 4 is 23.2 Å². The molecule has 0 heterocycles. The lowest BCUT2D eigenvalue weighted by molar-refractivity contribution is -0.114. The molecular weight excluding hydrogens is 338 g/mol. The third-order valence-corrected chi connectivity index (χ3v) is 4.09. The summed E-state index contributed by atoms with van der Waals surface area (Å²) >= 11 is 0. The Balaban J connectivity index is 1.94. The molecule has 0 radical (unpaired) electrons. The van der Waals surface area contributed by atoms with Gasteiger partial charge in [-0.25, -0.2) is 0 Å². The van der Waals surface area contributed by atoms with Gasteiger partial charge in [0.2, 0.25) is 5.91 Å². The SMILES string of the molecule is CCc1cccc(C)c1NCC(=O)Nc1ccc(C(=O)NC(C)(C)C)cc1. The second kappa shape index (κ2) is 8.71. The van der Waals surface area contributed by atoms with Gasteiger partial charge in [0, 0.05) is 22.5 Å². The minimum Gasteiger partial charge on any atom is -0.376 e. The molecule has 0 bridgehead atoms. The third-order valence-electron chi connectivity index (χ3n) is 4.09. The Morgan fingerprint density at radius 3 is 2.26 bits per heavy atom. The van der Waals surface area contributed by atoms with Crippen molar-refractivity contribution in [1.82, 2.24) is 5.32 Å². The molecule has 0 aliphatic carbocycles. The summed E-state index contributed by atoms with van der Waals surface area (Å²) in [6, 6.07) is 13.0. The number of hydrogen-bond acceptors (Lipinski definition) is 3. The Bertz CT molecular complexity index is 805. The highest BCUT2D eigenvalue weighted by atomic mass is 16.2. The van der Waals surface area contributed by atoms with Crippen molar-refractivity contribution in [3.8, 4) is 0 Å². The van der Waals surface area contributed by atoms with Gasteiger partial charge >= 0.3 is 0 Å². The number of anilines is 2. The van der Waals surface area contributed by atoms with E-state index in [2.05, 4.69) is 28.9 Å². The van der Waals surface area contributed by atoms with Gasteiger partial charge in [0.25, 0.3) is 5.91 Å². The summed E-state index contributed by atoms with van der Waals surface area (Å²) in [5.74, 6) is -0.263. The summed E-state index contributed by atoms with van der Waals surface area (Å²) < 4.78 is 0. The van der Waals surface area contributed by atoms with E-state index >= 15 is 0 Å². The van der Waals surface area contributed by atoms with Gasteiger partial charge in [0.15, 0.2) is 0 Å². The predicted molar refractivity (Wildman–Crippen MR) is 111 cm³/mol. The van der Waals surface area contributed by atoms with E-state index in [4.69, 9.17) is 0 Å². The van der Waals surface area contributed by atoms with Crippen molar-refractivity contribution in [2.24, 2.45) is 0 Å². The van der Waals surface area contributed by atoms with Crippen LogP contribution in [0.1, 0.15) is 49.2 Å². The molecule has 0 aliphatic rings. The standard InChI is InChI=1S/C22H29N3O2/c1-6-16-9-7-8-15(2)20(16)23-14-19(26)24-18-12-10-17(11-13-18)21(27)25-22(3,4)5/h7-13,23H,6,14H2,1-5H3,(H,24,26)(H,25,27). The van der Waals surface area contributed by atoms with Crippen LogP contribution in [-0.4, -0.2) is 23.9 Å². The zero-order valence-electron chi connectivity index (χ0n) is 16.8. The van der Waals surface area contributed by atoms with Crippen LogP contribution in [0.15, 0.2) is 42.5 Å². The molecule has 2 aromatic carbocycles. The topological polar surface area (TPSA) is 70.2 Å². The van der Waals surface area contributed by atoms with E-state index < -0.39 is 0 Å². The number of rotatable bonds is 6. The van der Waals surface area contributed by atoms with E-state index in [0.717, 1.165) is 17.7 Å². The van der Waals surface area contributed by atoms with Crippen LogP contribution in [0.3, 0.4) is 0 Å². The van der Waals surface area contributed by atoms with E-state index in [1.54, 1.807) is 24.3 Å². The first-order chi connectivity index (χ1) is 12.7. The lowest BCUT2D eigenvalue weighted by Gasteiger charge is -2.20. The van der Waals surface area contributed by atoms with Crippen molar-refractivity contribution in [3.05, 3.63) is 59.2 Å². The molecule has 5 nitrogen and oxygen atoms in total. The summed E-state index contributed by atoms with van der Waals surface area (Å²) in [6.07, 6.45) is 0.906. The fourth-order valence-corrected chi connectivity index (χ4v) is 2.77. The van der Waals surface area contributed by atoms with Gasteiger partial charge < -0.3 is 16.0 Å². The van der Waals surface area contributed by atoms with Gasteiger partial charge in [-0.15, -0.1) is 0 Å². The Morgan fingerprint density at radius 2 is 1.67 bits per heavy atom. The fourth-order valence-electron chi connectivity index (χ4n) is 2.77. The highest BCUT2D eigenvalue weighted by molar-refractivity contribution is 5.97. The van der Waals surface area contributed by atoms with E-state index in [-0.39, 0.29) is 23.9 Å². The van der Waals surface area contributed by atoms with Crippen LogP contribution in [0.4, 0.5) is 11.4 Å². The Morgan fingerprint density at radius 1 is 1.00 bits per heavy atom. The molecule has 0 aliphatic heterocycles. The Hall–Kier alpha value is -2.82. The molecule has 0 saturated carbocycles. The van der Waals surface area contributed by atoms with Crippen molar-refractivity contribution in [2.75, 3.05) is 17.2 Å². The minimum absolute atomic E-state index is 0.131. The van der Waals surface area contributed by atoms with Crippen LogP contribution < -0.4 is 16.0 Å². The molecule has 0 saturated heterocycles. The van der Waals surface area contributed by atoms with E-state index in [1.165, 1.54) is 5.56 Å². The zero-order chi connectivity index (χ0) is 20.0. The van der Waals surface area contributed by atoms with Crippen molar-refractivity contribution in [3.63, 3.8) is 0 Å². The lowest BCUT2D eigenvalue weighted by atomic mass is 10.1. The maximum absolute atomic E-state index is 12.3. The number of aryl methyl sites for hydroxylation is 2. The van der Waals surface area contributed by atoms with Crippen LogP contribution in [0.2, 0.25) is 0 Å². The van der Waals surface area contributed by atoms with Gasteiger partial charge in [-0.05, 0) is 69.5 Å². The van der Waals surface area contributed by atoms with E-state index in [9.17, 15) is 9.59 Å². The van der Waals surface area contributed by atoms with Gasteiger partial charge in [-0.2, -0.15) is 0 Å². The van der Waals surface area contributed by atoms with E-state index in [1.807, 2.05) is 39.8 Å². The Kier molecular flexibility index (Phi) is 6.61. The largest absolute Gasteiger partial charge is 0.376 e. The van der Waals surface area contributed by atoms with Crippen LogP contribution in [-0.2, 0) is 11.2 Å². The normalized spacial score (nSPS) is 11.0. The first kappa shape index (κ1) is 20.5. The molecule has 0 atom stereocenters. The second-order valence-electron chi connectivity index (χ2n) is 7.65. The molecule has 5 heteroatoms. The molecule has 2 amide bonds. The summed E-state index contributed by atoms with van der Waals surface area (Å²) in [6.45, 7) is 10.1. The molecule has 2 aromatic rings. The maximum atomic E-state index is 12.3. The number of carbonyl (C=O) groups excluding carboxylic acids is 2. The first-order valence-corrected chi connectivity index (χ1v) is 9.24. The summed E-state index contributed by atoms with van der Waals surface area (Å²) in [5.41, 5.74) is 4.27. The van der Waals surface area contributed by atoms with Gasteiger partial charge in [-0.3, -0.25) is 9.59 Å². The number of benzene rings is 2. The molecule has 144 valence electrons. The number of amides is 2. The number of hydrogen-bond donors (Lipinski definition) is 3. The second-order valence-corrected chi connectivity index (χ2v) is 7.65. The minimum atomic E-state index is -0.289. The van der Waals surface area contributed by atoms with Crippen molar-refractivity contribution in [1.29, 1.82) is 0 Å². The molecular formula is C22H29N3O2. The van der Waals surface area contributed by atoms with E-state index in [0.29, 0.717) is 11.3 Å². The molecule has 0 unspecified atom stereocenters. The Labute approximate surface area is 161 Å². The first-order valence-electron chi connectivity index (χ1n) is 9.24. The number of para-hydroxylation sites is 1. The molecule has 3 N–H and O–H groups in total. The fraction of sp³-hybridized carbons (Fsp3) is 0.364. The van der Waals surface area contributed by atoms with Gasteiger partial charge in [0.05, 0.1) is 6.54 Å². The summed E-state index contributed by atoms with van der Waals surface area (Å²) in [4.78, 5) is 24.4. The molecule has 0 aromatic heterocycles. The average molecular weight is 367 g/mol.